The lowest BCUT2D eigenvalue weighted by molar-refractivity contribution is 1.18. The highest BCUT2D eigenvalue weighted by atomic mass is 28.3. The second-order valence-corrected chi connectivity index (χ2v) is 15.9. The Labute approximate surface area is 292 Å². The zero-order chi connectivity index (χ0) is 34.1. The molecule has 4 nitrogen and oxygen atoms in total. The molecule has 1 heterocycles. The zero-order valence-electron chi connectivity index (χ0n) is 27.0. The van der Waals surface area contributed by atoms with Crippen LogP contribution in [0.2, 0.25) is 0 Å². The van der Waals surface area contributed by atoms with Crippen molar-refractivity contribution in [3.63, 3.8) is 0 Å². The van der Waals surface area contributed by atoms with Crippen molar-refractivity contribution < 1.29 is 0 Å². The minimum Gasteiger partial charge on any atom is -0.309 e. The van der Waals surface area contributed by atoms with E-state index in [1.165, 1.54) is 0 Å². The van der Waals surface area contributed by atoms with Gasteiger partial charge in [-0.3, -0.25) is 0 Å². The maximum Gasteiger partial charge on any atom is 0.194 e. The van der Waals surface area contributed by atoms with Crippen LogP contribution in [0.25, 0.3) is 48.3 Å². The van der Waals surface area contributed by atoms with Crippen LogP contribution in [0.1, 0.15) is 5.56 Å². The number of para-hydroxylation sites is 2. The van der Waals surface area contributed by atoms with Crippen molar-refractivity contribution >= 4 is 62.0 Å². The van der Waals surface area contributed by atoms with Gasteiger partial charge in [-0.1, -0.05) is 140 Å². The van der Waals surface area contributed by atoms with Gasteiger partial charge in [-0.15, -0.1) is 0 Å². The molecule has 0 bridgehead atoms. The lowest BCUT2D eigenvalue weighted by Crippen LogP contribution is -2.75. The second-order valence-electron chi connectivity index (χ2n) is 12.2. The van der Waals surface area contributed by atoms with Crippen molar-refractivity contribution in [2.45, 2.75) is 0 Å². The van der Waals surface area contributed by atoms with E-state index in [9.17, 15) is 5.26 Å². The molecule has 0 aliphatic heterocycles. The van der Waals surface area contributed by atoms with Crippen molar-refractivity contribution in [3.8, 4) is 22.9 Å². The van der Waals surface area contributed by atoms with E-state index in [4.69, 9.17) is 13.1 Å². The molecule has 232 valence electrons. The van der Waals surface area contributed by atoms with Crippen LogP contribution >= 0.6 is 0 Å². The molecule has 0 saturated carbocycles. The summed E-state index contributed by atoms with van der Waals surface area (Å²) in [6, 6.07) is 60.0. The van der Waals surface area contributed by atoms with Gasteiger partial charge in [-0.05, 0) is 67.6 Å². The normalized spacial score (nSPS) is 11.1. The fraction of sp³-hybridized carbons (Fsp3) is 0. The lowest BCUT2D eigenvalue weighted by Gasteiger charge is -2.35. The van der Waals surface area contributed by atoms with Crippen LogP contribution in [-0.2, 0) is 0 Å². The van der Waals surface area contributed by atoms with Gasteiger partial charge in [0.25, 0.3) is 0 Å². The third kappa shape index (κ3) is 4.72. The molecule has 7 aromatic carbocycles. The molecule has 0 unspecified atom stereocenters. The second kappa shape index (κ2) is 12.6. The Morgan fingerprint density at radius 1 is 0.520 bits per heavy atom. The standard InChI is InChI=1S/C45H28N4Si/c1-47-33-26-27-44-40(29-33)38-23-13-15-25-43(38)49(44)42-24-14-12-22-37(42)39-28-32(31-46)45(30-41(39)48-2)50(34-16-6-3-7-17-34,35-18-8-4-9-19-35)36-20-10-5-11-21-36/h3-30H. The molecule has 0 spiro atoms. The summed E-state index contributed by atoms with van der Waals surface area (Å²) in [6.45, 7) is 16.2. The van der Waals surface area contributed by atoms with Crippen LogP contribution in [-0.4, -0.2) is 12.6 Å². The fourth-order valence-electron chi connectivity index (χ4n) is 7.52. The van der Waals surface area contributed by atoms with Crippen molar-refractivity contribution in [1.82, 2.24) is 4.57 Å². The Hall–Kier alpha value is -6.97. The van der Waals surface area contributed by atoms with E-state index in [0.29, 0.717) is 22.5 Å². The van der Waals surface area contributed by atoms with Crippen molar-refractivity contribution in [1.29, 1.82) is 5.26 Å². The van der Waals surface area contributed by atoms with E-state index in [-0.39, 0.29) is 0 Å². The highest BCUT2D eigenvalue weighted by Crippen LogP contribution is 2.40. The number of fused-ring (bicyclic) bond motifs is 3. The van der Waals surface area contributed by atoms with E-state index in [1.54, 1.807) is 0 Å². The van der Waals surface area contributed by atoms with Crippen LogP contribution in [0.4, 0.5) is 11.4 Å². The SMILES string of the molecule is [C-]#[N+]c1ccc2c(c1)c1ccccc1n2-c1ccccc1-c1cc(C#N)c([Si](c2ccccc2)(c2ccccc2)c2ccccc2)cc1[N+]#[C-]. The molecular formula is C45H28N4Si. The molecule has 0 aliphatic rings. The summed E-state index contributed by atoms with van der Waals surface area (Å²) in [5.74, 6) is 0. The van der Waals surface area contributed by atoms with E-state index in [2.05, 4.69) is 111 Å². The molecule has 8 rings (SSSR count). The number of aromatic nitrogens is 1. The van der Waals surface area contributed by atoms with Gasteiger partial charge >= 0.3 is 0 Å². The first-order valence-corrected chi connectivity index (χ1v) is 18.3. The maximum absolute atomic E-state index is 11.0. The molecule has 8 aromatic rings. The number of rotatable bonds is 6. The summed E-state index contributed by atoms with van der Waals surface area (Å²) in [5.41, 5.74) is 6.05. The average molecular weight is 653 g/mol. The van der Waals surface area contributed by atoms with Gasteiger partial charge in [0.2, 0.25) is 0 Å². The molecule has 0 radical (unpaired) electrons. The molecule has 0 aliphatic carbocycles. The van der Waals surface area contributed by atoms with E-state index < -0.39 is 8.07 Å². The van der Waals surface area contributed by atoms with Gasteiger partial charge in [-0.2, -0.15) is 5.26 Å². The van der Waals surface area contributed by atoms with E-state index >= 15 is 0 Å². The molecule has 5 heteroatoms. The number of benzene rings is 7. The monoisotopic (exact) mass is 652 g/mol. The molecule has 0 N–H and O–H groups in total. The average Bonchev–Trinajstić information content (AvgIpc) is 3.52. The van der Waals surface area contributed by atoms with Crippen molar-refractivity contribution in [2.75, 3.05) is 0 Å². The van der Waals surface area contributed by atoms with Crippen LogP contribution in [0.5, 0.6) is 0 Å². The number of hydrogen-bond donors (Lipinski definition) is 0. The van der Waals surface area contributed by atoms with Gasteiger partial charge in [0.1, 0.15) is 0 Å². The Bertz CT molecular complexity index is 2580. The van der Waals surface area contributed by atoms with Crippen molar-refractivity contribution in [2.24, 2.45) is 0 Å². The van der Waals surface area contributed by atoms with Gasteiger partial charge in [0.05, 0.1) is 41.5 Å². The molecule has 0 amide bonds. The van der Waals surface area contributed by atoms with E-state index in [0.717, 1.165) is 53.8 Å². The van der Waals surface area contributed by atoms with Crippen LogP contribution in [0.15, 0.2) is 170 Å². The summed E-state index contributed by atoms with van der Waals surface area (Å²) in [5, 5.41) is 17.4. The van der Waals surface area contributed by atoms with Crippen molar-refractivity contribution in [3.05, 3.63) is 198 Å². The third-order valence-electron chi connectivity index (χ3n) is 9.62. The first-order chi connectivity index (χ1) is 24.7. The summed E-state index contributed by atoms with van der Waals surface area (Å²) in [7, 11) is -3.08. The summed E-state index contributed by atoms with van der Waals surface area (Å²) < 4.78 is 2.21. The lowest BCUT2D eigenvalue weighted by atomic mass is 9.99. The minimum atomic E-state index is -3.08. The van der Waals surface area contributed by atoms with Crippen LogP contribution in [0, 0.1) is 24.5 Å². The van der Waals surface area contributed by atoms with Gasteiger partial charge in [0.15, 0.2) is 19.4 Å². The minimum absolute atomic E-state index is 0.488. The summed E-state index contributed by atoms with van der Waals surface area (Å²) >= 11 is 0. The number of hydrogen-bond acceptors (Lipinski definition) is 1. The summed E-state index contributed by atoms with van der Waals surface area (Å²) in [6.07, 6.45) is 0. The predicted molar refractivity (Wildman–Crippen MR) is 207 cm³/mol. The van der Waals surface area contributed by atoms with Crippen LogP contribution in [0.3, 0.4) is 0 Å². The maximum atomic E-state index is 11.0. The van der Waals surface area contributed by atoms with Gasteiger partial charge in [-0.25, -0.2) is 9.69 Å². The fourth-order valence-corrected chi connectivity index (χ4v) is 12.4. The first kappa shape index (κ1) is 30.4. The predicted octanol–water partition coefficient (Wildman–Crippen LogP) is 8.80. The molecule has 0 atom stereocenters. The summed E-state index contributed by atoms with van der Waals surface area (Å²) in [4.78, 5) is 7.86. The zero-order valence-corrected chi connectivity index (χ0v) is 28.0. The topological polar surface area (TPSA) is 37.4 Å². The first-order valence-electron chi connectivity index (χ1n) is 16.3. The molecule has 50 heavy (non-hydrogen) atoms. The number of nitriles is 1. The molecule has 0 saturated heterocycles. The smallest absolute Gasteiger partial charge is 0.194 e. The largest absolute Gasteiger partial charge is 0.309 e. The molecular weight excluding hydrogens is 625 g/mol. The number of nitrogens with zero attached hydrogens (tertiary/aromatic N) is 4. The Balaban J connectivity index is 1.45. The Kier molecular flexibility index (Phi) is 7.63. The van der Waals surface area contributed by atoms with E-state index in [1.807, 2.05) is 78.9 Å². The Morgan fingerprint density at radius 3 is 1.68 bits per heavy atom. The highest BCUT2D eigenvalue weighted by molar-refractivity contribution is 7.20. The van der Waals surface area contributed by atoms with Gasteiger partial charge in [0, 0.05) is 5.39 Å². The van der Waals surface area contributed by atoms with Gasteiger partial charge < -0.3 is 4.57 Å². The molecule has 0 fully saturated rings. The Morgan fingerprint density at radius 2 is 1.08 bits per heavy atom. The van der Waals surface area contributed by atoms with Crippen LogP contribution < -0.4 is 20.7 Å². The highest BCUT2D eigenvalue weighted by Gasteiger charge is 2.43. The molecule has 1 aromatic heterocycles. The quantitative estimate of drug-likeness (QED) is 0.101. The third-order valence-corrected chi connectivity index (χ3v) is 14.4.